The Morgan fingerprint density at radius 3 is 1.31 bits per heavy atom. The first-order valence-corrected chi connectivity index (χ1v) is 3.08. The Morgan fingerprint density at radius 1 is 1.15 bits per heavy atom. The predicted octanol–water partition coefficient (Wildman–Crippen LogP) is -5.43. The zero-order valence-corrected chi connectivity index (χ0v) is 14.0. The van der Waals surface area contributed by atoms with Gasteiger partial charge in [-0.25, -0.2) is 4.79 Å². The van der Waals surface area contributed by atoms with Gasteiger partial charge in [0, 0.05) is 0 Å². The molecule has 0 heterocycles. The molecule has 0 amide bonds. The second-order valence-electron chi connectivity index (χ2n) is 2.01. The fourth-order valence-electron chi connectivity index (χ4n) is 0. The largest absolute Gasteiger partial charge is 1.00 e. The molecule has 0 aromatic heterocycles. The summed E-state index contributed by atoms with van der Waals surface area (Å²) in [5.74, 6) is -2.62. The quantitative estimate of drug-likeness (QED) is 0.468. The molecule has 6 nitrogen and oxygen atoms in total. The van der Waals surface area contributed by atoms with Crippen LogP contribution in [0.4, 0.5) is 0 Å². The van der Waals surface area contributed by atoms with Crippen molar-refractivity contribution >= 4 is 11.9 Å². The maximum atomic E-state index is 9.45. The summed E-state index contributed by atoms with van der Waals surface area (Å²) in [6.07, 6.45) is -2.57. The molecule has 0 aromatic carbocycles. The van der Waals surface area contributed by atoms with Crippen LogP contribution in [0.2, 0.25) is 0 Å². The molecule has 3 N–H and O–H groups in total. The molecule has 0 aromatic rings. The smallest absolute Gasteiger partial charge is 0.547 e. The summed E-state index contributed by atoms with van der Waals surface area (Å²) >= 11 is 0. The third-order valence-corrected chi connectivity index (χ3v) is 0.699. The van der Waals surface area contributed by atoms with Crippen molar-refractivity contribution in [3.8, 4) is 0 Å². The first-order chi connectivity index (χ1) is 5.29. The number of aliphatic carboxylic acids is 2. The Labute approximate surface area is 134 Å². The van der Waals surface area contributed by atoms with Crippen LogP contribution in [0, 0.1) is 0 Å². The van der Waals surface area contributed by atoms with Gasteiger partial charge in [-0.1, -0.05) is 0 Å². The van der Waals surface area contributed by atoms with Crippen molar-refractivity contribution in [1.82, 2.24) is 0 Å². The van der Waals surface area contributed by atoms with Crippen LogP contribution in [0.25, 0.3) is 0 Å². The summed E-state index contributed by atoms with van der Waals surface area (Å²) in [5, 5.41) is 33.1. The number of aliphatic hydroxyl groups excluding tert-OH is 2. The van der Waals surface area contributed by atoms with E-state index in [1.807, 2.05) is 0 Å². The maximum Gasteiger partial charge on any atom is 1.00 e. The molecular formula is C6H11CsO6. The summed E-state index contributed by atoms with van der Waals surface area (Å²) < 4.78 is 0. The first-order valence-electron chi connectivity index (χ1n) is 3.08. The van der Waals surface area contributed by atoms with Crippen LogP contribution in [0.3, 0.4) is 0 Å². The minimum Gasteiger partial charge on any atom is -0.547 e. The van der Waals surface area contributed by atoms with E-state index in [1.54, 1.807) is 0 Å². The Hall–Kier alpha value is 0.912. The molecule has 0 saturated carbocycles. The summed E-state index contributed by atoms with van der Waals surface area (Å²) in [5.41, 5.74) is 0. The zero-order valence-electron chi connectivity index (χ0n) is 7.72. The minimum absolute atomic E-state index is 0. The molecule has 0 radical (unpaired) electrons. The van der Waals surface area contributed by atoms with Crippen LogP contribution in [0.15, 0.2) is 0 Å². The van der Waals surface area contributed by atoms with E-state index in [0.29, 0.717) is 0 Å². The zero-order chi connectivity index (χ0) is 10.3. The standard InChI is InChI=1S/2C3H6O3.Cs/c2*1-2(4)3(5)6;/h2*2,4H,1H3,(H,5,6);/q;;+1/p-1. The van der Waals surface area contributed by atoms with E-state index in [2.05, 4.69) is 0 Å². The number of hydrogen-bond donors (Lipinski definition) is 3. The van der Waals surface area contributed by atoms with E-state index >= 15 is 0 Å². The van der Waals surface area contributed by atoms with Crippen molar-refractivity contribution in [2.45, 2.75) is 26.1 Å². The molecule has 0 aliphatic heterocycles. The molecule has 2 unspecified atom stereocenters. The van der Waals surface area contributed by atoms with Gasteiger partial charge in [0.2, 0.25) is 0 Å². The number of carboxylic acid groups (broad SMARTS) is 2. The molecule has 72 valence electrons. The van der Waals surface area contributed by atoms with E-state index < -0.39 is 24.1 Å². The van der Waals surface area contributed by atoms with Crippen LogP contribution in [-0.2, 0) is 9.59 Å². The van der Waals surface area contributed by atoms with Gasteiger partial charge < -0.3 is 25.2 Å². The Balaban J connectivity index is -0.000000143. The molecule has 7 heteroatoms. The number of carbonyl (C=O) groups excluding carboxylic acids is 1. The van der Waals surface area contributed by atoms with Gasteiger partial charge in [0.25, 0.3) is 0 Å². The molecular weight excluding hydrogens is 301 g/mol. The fraction of sp³-hybridized carbons (Fsp3) is 0.667. The summed E-state index contributed by atoms with van der Waals surface area (Å²) in [6.45, 7) is 2.33. The van der Waals surface area contributed by atoms with Gasteiger partial charge in [-0.05, 0) is 13.8 Å². The van der Waals surface area contributed by atoms with Gasteiger partial charge in [-0.3, -0.25) is 0 Å². The average molecular weight is 312 g/mol. The van der Waals surface area contributed by atoms with Gasteiger partial charge in [-0.15, -0.1) is 0 Å². The van der Waals surface area contributed by atoms with Gasteiger partial charge in [0.15, 0.2) is 0 Å². The van der Waals surface area contributed by atoms with Crippen LogP contribution in [0.5, 0.6) is 0 Å². The first kappa shape index (κ1) is 19.5. The molecule has 0 spiro atoms. The van der Waals surface area contributed by atoms with E-state index in [-0.39, 0.29) is 68.9 Å². The fourth-order valence-corrected chi connectivity index (χ4v) is 0. The normalized spacial score (nSPS) is 12.6. The Bertz CT molecular complexity index is 137. The van der Waals surface area contributed by atoms with Crippen molar-refractivity contribution in [3.63, 3.8) is 0 Å². The van der Waals surface area contributed by atoms with Gasteiger partial charge in [0.05, 0.1) is 12.1 Å². The average Bonchev–Trinajstić information content (AvgIpc) is 1.88. The van der Waals surface area contributed by atoms with Gasteiger partial charge >= 0.3 is 74.9 Å². The van der Waals surface area contributed by atoms with E-state index in [9.17, 15) is 14.7 Å². The Kier molecular flexibility index (Phi) is 16.5. The monoisotopic (exact) mass is 312 g/mol. The van der Waals surface area contributed by atoms with Crippen LogP contribution >= 0.6 is 0 Å². The molecule has 0 fully saturated rings. The van der Waals surface area contributed by atoms with Crippen molar-refractivity contribution in [3.05, 3.63) is 0 Å². The van der Waals surface area contributed by atoms with Crippen LogP contribution in [-0.4, -0.2) is 39.5 Å². The molecule has 0 rings (SSSR count). The second-order valence-corrected chi connectivity index (χ2v) is 2.01. The molecule has 0 bridgehead atoms. The van der Waals surface area contributed by atoms with Crippen molar-refractivity contribution < 1.29 is 98.9 Å². The van der Waals surface area contributed by atoms with Gasteiger partial charge in [-0.2, -0.15) is 0 Å². The molecule has 0 aliphatic carbocycles. The van der Waals surface area contributed by atoms with Gasteiger partial charge in [0.1, 0.15) is 6.10 Å². The topological polar surface area (TPSA) is 118 Å². The van der Waals surface area contributed by atoms with Crippen molar-refractivity contribution in [1.29, 1.82) is 0 Å². The third kappa shape index (κ3) is 19.4. The van der Waals surface area contributed by atoms with E-state index in [4.69, 9.17) is 15.3 Å². The minimum atomic E-state index is -1.44. The Morgan fingerprint density at radius 2 is 1.31 bits per heavy atom. The number of rotatable bonds is 2. The molecule has 0 aliphatic rings. The number of hydrogen-bond acceptors (Lipinski definition) is 5. The van der Waals surface area contributed by atoms with Crippen molar-refractivity contribution in [2.75, 3.05) is 0 Å². The number of aliphatic hydroxyl groups is 2. The van der Waals surface area contributed by atoms with Crippen molar-refractivity contribution in [2.24, 2.45) is 0 Å². The molecule has 13 heavy (non-hydrogen) atoms. The predicted molar refractivity (Wildman–Crippen MR) is 36.0 cm³/mol. The SMILES string of the molecule is CC(O)C(=O)O.CC(O)C(=O)[O-].[Cs+]. The van der Waals surface area contributed by atoms with E-state index in [0.717, 1.165) is 6.92 Å². The summed E-state index contributed by atoms with van der Waals surface area (Å²) in [4.78, 5) is 18.8. The number of carboxylic acids is 2. The molecule has 0 saturated heterocycles. The van der Waals surface area contributed by atoms with Crippen LogP contribution < -0.4 is 74.0 Å². The van der Waals surface area contributed by atoms with E-state index in [1.165, 1.54) is 6.92 Å². The summed E-state index contributed by atoms with van der Waals surface area (Å²) in [6, 6.07) is 0. The summed E-state index contributed by atoms with van der Waals surface area (Å²) in [7, 11) is 0. The third-order valence-electron chi connectivity index (χ3n) is 0.699. The number of carbonyl (C=O) groups is 2. The second kappa shape index (κ2) is 11.0. The molecule has 2 atom stereocenters. The van der Waals surface area contributed by atoms with Crippen LogP contribution in [0.1, 0.15) is 13.8 Å². The maximum absolute atomic E-state index is 9.45.